The molecule has 5 rings (SSSR count). The fraction of sp³-hybridized carbons (Fsp3) is 0.192. The van der Waals surface area contributed by atoms with Gasteiger partial charge in [0.25, 0.3) is 0 Å². The van der Waals surface area contributed by atoms with Gasteiger partial charge in [0.15, 0.2) is 0 Å². The van der Waals surface area contributed by atoms with Gasteiger partial charge in [-0.25, -0.2) is 9.98 Å². The Labute approximate surface area is 202 Å². The number of benzene rings is 3. The van der Waals surface area contributed by atoms with Gasteiger partial charge in [0.2, 0.25) is 0 Å². The van der Waals surface area contributed by atoms with E-state index in [2.05, 4.69) is 79.2 Å². The first-order chi connectivity index (χ1) is 15.2. The van der Waals surface area contributed by atoms with Crippen molar-refractivity contribution in [1.29, 1.82) is 0 Å². The SMILES string of the molecule is CCN(CC)c1ccc(N=c2cc3sc4ccccc4nc-3c3ncccc23)c(C)c1.[Ni]. The van der Waals surface area contributed by atoms with Gasteiger partial charge in [0.1, 0.15) is 5.69 Å². The van der Waals surface area contributed by atoms with Crippen molar-refractivity contribution in [3.8, 4) is 10.6 Å². The molecule has 0 saturated carbocycles. The molecule has 32 heavy (non-hydrogen) atoms. The van der Waals surface area contributed by atoms with E-state index in [0.717, 1.165) is 55.8 Å². The van der Waals surface area contributed by atoms with Crippen LogP contribution >= 0.6 is 11.3 Å². The number of anilines is 1. The first-order valence-electron chi connectivity index (χ1n) is 10.7. The van der Waals surface area contributed by atoms with Crippen LogP contribution < -0.4 is 10.3 Å². The topological polar surface area (TPSA) is 41.4 Å². The molecular formula is C26H24N4NiS. The molecule has 2 aliphatic rings. The van der Waals surface area contributed by atoms with Crippen LogP contribution in [0.2, 0.25) is 0 Å². The van der Waals surface area contributed by atoms with E-state index < -0.39 is 0 Å². The number of hydrogen-bond donors (Lipinski definition) is 0. The largest absolute Gasteiger partial charge is 0.372 e. The molecule has 0 saturated heterocycles. The first-order valence-corrected chi connectivity index (χ1v) is 11.5. The molecule has 0 amide bonds. The maximum Gasteiger partial charge on any atom is 0.107 e. The zero-order valence-corrected chi connectivity index (χ0v) is 20.1. The summed E-state index contributed by atoms with van der Waals surface area (Å²) in [6.45, 7) is 8.49. The fourth-order valence-corrected chi connectivity index (χ4v) is 5.03. The molecule has 0 radical (unpaired) electrons. The standard InChI is InChI=1S/C26H24N4S.Ni/c1-4-30(5-2)18-12-13-20(17(3)15-18)28-22-16-24-26(25-19(22)9-8-14-27-25)29-21-10-6-7-11-23(21)31-24;/h6-16H,4-5H2,1-3H3;. The second-order valence-corrected chi connectivity index (χ2v) is 8.66. The van der Waals surface area contributed by atoms with E-state index >= 15 is 0 Å². The molecule has 164 valence electrons. The van der Waals surface area contributed by atoms with Crippen LogP contribution in [0.15, 0.2) is 71.9 Å². The van der Waals surface area contributed by atoms with Crippen LogP contribution in [-0.2, 0) is 16.5 Å². The zero-order chi connectivity index (χ0) is 21.4. The Morgan fingerprint density at radius 3 is 2.56 bits per heavy atom. The Hall–Kier alpha value is -2.82. The molecule has 1 aliphatic carbocycles. The van der Waals surface area contributed by atoms with Crippen molar-refractivity contribution >= 4 is 43.8 Å². The van der Waals surface area contributed by atoms with Crippen molar-refractivity contribution < 1.29 is 16.5 Å². The molecule has 6 heteroatoms. The third-order valence-electron chi connectivity index (χ3n) is 5.68. The van der Waals surface area contributed by atoms with Crippen LogP contribution in [0.3, 0.4) is 0 Å². The van der Waals surface area contributed by atoms with Gasteiger partial charge in [-0.3, -0.25) is 4.98 Å². The Morgan fingerprint density at radius 2 is 1.78 bits per heavy atom. The number of aryl methyl sites for hydroxylation is 1. The molecular weight excluding hydrogens is 459 g/mol. The van der Waals surface area contributed by atoms with Crippen LogP contribution in [0.25, 0.3) is 31.7 Å². The number of hydrogen-bond acceptors (Lipinski definition) is 5. The van der Waals surface area contributed by atoms with E-state index in [0.29, 0.717) is 0 Å². The molecule has 1 aliphatic heterocycles. The molecule has 4 nitrogen and oxygen atoms in total. The van der Waals surface area contributed by atoms with Crippen LogP contribution in [0.4, 0.5) is 11.4 Å². The number of rotatable bonds is 4. The van der Waals surface area contributed by atoms with Gasteiger partial charge in [0, 0.05) is 46.9 Å². The second-order valence-electron chi connectivity index (χ2n) is 7.58. The average Bonchev–Trinajstić information content (AvgIpc) is 2.80. The van der Waals surface area contributed by atoms with Crippen molar-refractivity contribution in [2.45, 2.75) is 20.8 Å². The first kappa shape index (κ1) is 22.4. The summed E-state index contributed by atoms with van der Waals surface area (Å²) in [6, 6.07) is 21.0. The summed E-state index contributed by atoms with van der Waals surface area (Å²) in [6.07, 6.45) is 1.83. The minimum Gasteiger partial charge on any atom is -0.372 e. The summed E-state index contributed by atoms with van der Waals surface area (Å²) < 4.78 is 1.16. The predicted octanol–water partition coefficient (Wildman–Crippen LogP) is 6.33. The number of pyridine rings is 1. The van der Waals surface area contributed by atoms with Gasteiger partial charge in [-0.05, 0) is 74.9 Å². The third kappa shape index (κ3) is 4.01. The van der Waals surface area contributed by atoms with Crippen LogP contribution in [0.1, 0.15) is 19.4 Å². The summed E-state index contributed by atoms with van der Waals surface area (Å²) in [4.78, 5) is 18.1. The Kier molecular flexibility index (Phi) is 6.54. The maximum atomic E-state index is 5.07. The molecule has 0 bridgehead atoms. The minimum absolute atomic E-state index is 0. The maximum absolute atomic E-state index is 5.07. The summed E-state index contributed by atoms with van der Waals surface area (Å²) >= 11 is 1.74. The normalized spacial score (nSPS) is 11.8. The summed E-state index contributed by atoms with van der Waals surface area (Å²) in [5.41, 5.74) is 6.23. The van der Waals surface area contributed by atoms with Gasteiger partial charge >= 0.3 is 0 Å². The average molecular weight is 483 g/mol. The quantitative estimate of drug-likeness (QED) is 0.170. The molecule has 0 spiro atoms. The predicted molar refractivity (Wildman–Crippen MR) is 132 cm³/mol. The second kappa shape index (κ2) is 9.35. The zero-order valence-electron chi connectivity index (χ0n) is 18.3. The van der Waals surface area contributed by atoms with Crippen molar-refractivity contribution in [2.75, 3.05) is 18.0 Å². The van der Waals surface area contributed by atoms with Gasteiger partial charge in [-0.15, -0.1) is 11.3 Å². The fourth-order valence-electron chi connectivity index (χ4n) is 4.02. The van der Waals surface area contributed by atoms with E-state index in [-0.39, 0.29) is 16.5 Å². The Morgan fingerprint density at radius 1 is 0.969 bits per heavy atom. The van der Waals surface area contributed by atoms with E-state index in [1.807, 2.05) is 18.3 Å². The molecule has 0 fully saturated rings. The van der Waals surface area contributed by atoms with E-state index in [9.17, 15) is 0 Å². The Balaban J connectivity index is 0.00000245. The number of nitrogens with zero attached hydrogens (tertiary/aromatic N) is 4. The number of aromatic nitrogens is 2. The van der Waals surface area contributed by atoms with Crippen LogP contribution in [-0.4, -0.2) is 23.1 Å². The van der Waals surface area contributed by atoms with Crippen molar-refractivity contribution in [3.63, 3.8) is 0 Å². The van der Waals surface area contributed by atoms with E-state index in [1.54, 1.807) is 11.3 Å². The van der Waals surface area contributed by atoms with Crippen molar-refractivity contribution in [1.82, 2.24) is 9.97 Å². The van der Waals surface area contributed by atoms with Gasteiger partial charge < -0.3 is 4.90 Å². The van der Waals surface area contributed by atoms with Crippen LogP contribution in [0.5, 0.6) is 0 Å². The molecule has 1 aromatic heterocycles. The molecule has 0 unspecified atom stereocenters. The van der Waals surface area contributed by atoms with Crippen LogP contribution in [0, 0.1) is 6.92 Å². The molecule has 0 atom stereocenters. The smallest absolute Gasteiger partial charge is 0.107 e. The molecule has 2 aromatic carbocycles. The molecule has 0 N–H and O–H groups in total. The molecule has 3 aromatic rings. The third-order valence-corrected chi connectivity index (χ3v) is 6.77. The summed E-state index contributed by atoms with van der Waals surface area (Å²) in [5.74, 6) is 0. The van der Waals surface area contributed by atoms with Gasteiger partial charge in [0.05, 0.1) is 31.7 Å². The van der Waals surface area contributed by atoms with E-state index in [4.69, 9.17) is 9.98 Å². The van der Waals surface area contributed by atoms with Crippen molar-refractivity contribution in [2.24, 2.45) is 4.99 Å². The van der Waals surface area contributed by atoms with Crippen molar-refractivity contribution in [3.05, 3.63) is 77.8 Å². The summed E-state index contributed by atoms with van der Waals surface area (Å²) in [5, 5.41) is 1.96. The van der Waals surface area contributed by atoms with E-state index in [1.165, 1.54) is 11.3 Å². The minimum atomic E-state index is 0. The Bertz CT molecular complexity index is 1440. The number of para-hydroxylation sites is 1. The molecule has 2 heterocycles. The van der Waals surface area contributed by atoms with Gasteiger partial charge in [-0.2, -0.15) is 0 Å². The van der Waals surface area contributed by atoms with Gasteiger partial charge in [-0.1, -0.05) is 12.1 Å². The monoisotopic (exact) mass is 482 g/mol. The number of fused-ring (bicyclic) bond motifs is 4. The summed E-state index contributed by atoms with van der Waals surface area (Å²) in [7, 11) is 0.